The highest BCUT2D eigenvalue weighted by Gasteiger charge is 2.23. The van der Waals surface area contributed by atoms with E-state index in [0.717, 1.165) is 5.25 Å². The first kappa shape index (κ1) is 10.9. The highest BCUT2D eigenvalue weighted by atomic mass is 32.2. The molecule has 1 nitrogen and oxygen atoms in total. The molecule has 0 radical (unpaired) electrons. The van der Waals surface area contributed by atoms with Crippen molar-refractivity contribution in [3.05, 3.63) is 29.3 Å². The van der Waals surface area contributed by atoms with Gasteiger partial charge in [0.15, 0.2) is 0 Å². The molecule has 1 aliphatic rings. The van der Waals surface area contributed by atoms with Crippen molar-refractivity contribution < 1.29 is 0 Å². The molecule has 15 heavy (non-hydrogen) atoms. The maximum Gasteiger partial charge on any atom is 0.0385 e. The molecular weight excluding hydrogens is 202 g/mol. The van der Waals surface area contributed by atoms with Crippen LogP contribution in [0.15, 0.2) is 18.2 Å². The summed E-state index contributed by atoms with van der Waals surface area (Å²) in [6, 6.07) is 7.28. The zero-order valence-corrected chi connectivity index (χ0v) is 10.5. The van der Waals surface area contributed by atoms with Gasteiger partial charge in [0.05, 0.1) is 0 Å². The van der Waals surface area contributed by atoms with Crippen LogP contribution in [0.25, 0.3) is 0 Å². The zero-order valence-electron chi connectivity index (χ0n) is 9.71. The Morgan fingerprint density at radius 2 is 2.13 bits per heavy atom. The highest BCUT2D eigenvalue weighted by Crippen LogP contribution is 2.29. The molecule has 1 aliphatic heterocycles. The molecule has 1 heterocycles. The van der Waals surface area contributed by atoms with Crippen LogP contribution in [0.5, 0.6) is 0 Å². The van der Waals surface area contributed by atoms with E-state index in [1.807, 2.05) is 0 Å². The number of rotatable bonds is 2. The fourth-order valence-electron chi connectivity index (χ4n) is 2.01. The third-order valence-electron chi connectivity index (χ3n) is 3.11. The molecule has 0 amide bonds. The number of benzene rings is 1. The molecule has 0 spiro atoms. The van der Waals surface area contributed by atoms with Crippen molar-refractivity contribution in [2.45, 2.75) is 38.5 Å². The maximum atomic E-state index is 3.68. The molecule has 1 aromatic rings. The van der Waals surface area contributed by atoms with Gasteiger partial charge in [0, 0.05) is 17.0 Å². The fourth-order valence-corrected chi connectivity index (χ4v) is 3.21. The Morgan fingerprint density at radius 1 is 1.33 bits per heavy atom. The van der Waals surface area contributed by atoms with Gasteiger partial charge in [-0.3, -0.25) is 0 Å². The summed E-state index contributed by atoms with van der Waals surface area (Å²) in [5, 5.41) is 4.42. The minimum Gasteiger partial charge on any atom is -0.381 e. The molecule has 82 valence electrons. The third kappa shape index (κ3) is 2.49. The van der Waals surface area contributed by atoms with E-state index in [1.54, 1.807) is 0 Å². The molecule has 2 heteroatoms. The van der Waals surface area contributed by atoms with Crippen LogP contribution in [0.1, 0.15) is 24.5 Å². The summed E-state index contributed by atoms with van der Waals surface area (Å²) < 4.78 is 0. The molecule has 0 bridgehead atoms. The SMILES string of the molecule is Cc1ccc(C)c(NC2CCSC2C)c1. The number of aryl methyl sites for hydroxylation is 2. The second-order valence-electron chi connectivity index (χ2n) is 4.43. The van der Waals surface area contributed by atoms with E-state index >= 15 is 0 Å². The van der Waals surface area contributed by atoms with Crippen LogP contribution in [0.4, 0.5) is 5.69 Å². The van der Waals surface area contributed by atoms with E-state index in [9.17, 15) is 0 Å². The Balaban J connectivity index is 2.12. The third-order valence-corrected chi connectivity index (χ3v) is 4.44. The fraction of sp³-hybridized carbons (Fsp3) is 0.538. The Kier molecular flexibility index (Phi) is 3.25. The van der Waals surface area contributed by atoms with E-state index in [1.165, 1.54) is 29.0 Å². The summed E-state index contributed by atoms with van der Waals surface area (Å²) in [5.74, 6) is 1.30. The van der Waals surface area contributed by atoms with Crippen LogP contribution in [-0.4, -0.2) is 17.0 Å². The number of nitrogens with one attached hydrogen (secondary N) is 1. The van der Waals surface area contributed by atoms with E-state index in [-0.39, 0.29) is 0 Å². The molecule has 0 aromatic heterocycles. The molecule has 1 aromatic carbocycles. The lowest BCUT2D eigenvalue weighted by Gasteiger charge is -2.19. The average molecular weight is 221 g/mol. The first-order valence-corrected chi connectivity index (χ1v) is 6.67. The van der Waals surface area contributed by atoms with Crippen LogP contribution < -0.4 is 5.32 Å². The molecule has 1 fully saturated rings. The van der Waals surface area contributed by atoms with Crippen LogP contribution in [0.2, 0.25) is 0 Å². The van der Waals surface area contributed by atoms with E-state index < -0.39 is 0 Å². The Labute approximate surface area is 96.7 Å². The largest absolute Gasteiger partial charge is 0.381 e. The number of hydrogen-bond acceptors (Lipinski definition) is 2. The van der Waals surface area contributed by atoms with E-state index in [0.29, 0.717) is 6.04 Å². The Hall–Kier alpha value is -0.630. The van der Waals surface area contributed by atoms with Gasteiger partial charge in [0.1, 0.15) is 0 Å². The van der Waals surface area contributed by atoms with Crippen molar-refractivity contribution in [2.24, 2.45) is 0 Å². The summed E-state index contributed by atoms with van der Waals surface area (Å²) in [5.41, 5.74) is 4.00. The molecule has 2 atom stereocenters. The molecule has 0 saturated carbocycles. The van der Waals surface area contributed by atoms with Gasteiger partial charge in [-0.1, -0.05) is 19.1 Å². The average Bonchev–Trinajstić information content (AvgIpc) is 2.58. The first-order valence-electron chi connectivity index (χ1n) is 5.62. The molecular formula is C13H19NS. The predicted molar refractivity (Wildman–Crippen MR) is 69.9 cm³/mol. The zero-order chi connectivity index (χ0) is 10.8. The molecule has 1 N–H and O–H groups in total. The second-order valence-corrected chi connectivity index (χ2v) is 5.92. The van der Waals surface area contributed by atoms with Gasteiger partial charge in [0.25, 0.3) is 0 Å². The lowest BCUT2D eigenvalue weighted by Crippen LogP contribution is -2.25. The number of anilines is 1. The predicted octanol–water partition coefficient (Wildman–Crippen LogP) is 3.61. The molecule has 2 unspecified atom stereocenters. The topological polar surface area (TPSA) is 12.0 Å². The van der Waals surface area contributed by atoms with Crippen LogP contribution in [0.3, 0.4) is 0 Å². The van der Waals surface area contributed by atoms with E-state index in [2.05, 4.69) is 56.0 Å². The lowest BCUT2D eigenvalue weighted by atomic mass is 10.1. The van der Waals surface area contributed by atoms with Gasteiger partial charge in [-0.2, -0.15) is 11.8 Å². The van der Waals surface area contributed by atoms with Crippen LogP contribution in [-0.2, 0) is 0 Å². The normalized spacial score (nSPS) is 25.5. The standard InChI is InChI=1S/C13H19NS/c1-9-4-5-10(2)13(8-9)14-12-6-7-15-11(12)3/h4-5,8,11-12,14H,6-7H2,1-3H3. The first-order chi connectivity index (χ1) is 7.16. The van der Waals surface area contributed by atoms with E-state index in [4.69, 9.17) is 0 Å². The molecule has 0 aliphatic carbocycles. The smallest absolute Gasteiger partial charge is 0.0385 e. The van der Waals surface area contributed by atoms with Crippen LogP contribution >= 0.6 is 11.8 Å². The van der Waals surface area contributed by atoms with Crippen LogP contribution in [0, 0.1) is 13.8 Å². The van der Waals surface area contributed by atoms with Gasteiger partial charge in [-0.05, 0) is 43.2 Å². The minimum absolute atomic E-state index is 0.649. The maximum absolute atomic E-state index is 3.68. The van der Waals surface area contributed by atoms with Gasteiger partial charge >= 0.3 is 0 Å². The van der Waals surface area contributed by atoms with Crippen molar-refractivity contribution in [1.29, 1.82) is 0 Å². The monoisotopic (exact) mass is 221 g/mol. The summed E-state index contributed by atoms with van der Waals surface area (Å²) in [6.45, 7) is 6.65. The quantitative estimate of drug-likeness (QED) is 0.819. The van der Waals surface area contributed by atoms with Gasteiger partial charge in [0.2, 0.25) is 0 Å². The van der Waals surface area contributed by atoms with Crippen molar-refractivity contribution in [3.8, 4) is 0 Å². The Bertz CT molecular complexity index is 348. The van der Waals surface area contributed by atoms with Crippen molar-refractivity contribution in [3.63, 3.8) is 0 Å². The second kappa shape index (κ2) is 4.48. The molecule has 1 saturated heterocycles. The summed E-state index contributed by atoms with van der Waals surface area (Å²) in [4.78, 5) is 0. The number of thioether (sulfide) groups is 1. The Morgan fingerprint density at radius 3 is 2.80 bits per heavy atom. The van der Waals surface area contributed by atoms with Crippen molar-refractivity contribution in [1.82, 2.24) is 0 Å². The lowest BCUT2D eigenvalue weighted by molar-refractivity contribution is 0.723. The minimum atomic E-state index is 0.649. The molecule has 2 rings (SSSR count). The highest BCUT2D eigenvalue weighted by molar-refractivity contribution is 8.00. The summed E-state index contributed by atoms with van der Waals surface area (Å²) >= 11 is 2.07. The van der Waals surface area contributed by atoms with Gasteiger partial charge in [-0.15, -0.1) is 0 Å². The van der Waals surface area contributed by atoms with Crippen molar-refractivity contribution in [2.75, 3.05) is 11.1 Å². The van der Waals surface area contributed by atoms with Gasteiger partial charge in [-0.25, -0.2) is 0 Å². The summed E-state index contributed by atoms with van der Waals surface area (Å²) in [7, 11) is 0. The summed E-state index contributed by atoms with van der Waals surface area (Å²) in [6.07, 6.45) is 1.29. The number of hydrogen-bond donors (Lipinski definition) is 1. The van der Waals surface area contributed by atoms with Gasteiger partial charge < -0.3 is 5.32 Å². The van der Waals surface area contributed by atoms with Crippen molar-refractivity contribution >= 4 is 17.4 Å².